The lowest BCUT2D eigenvalue weighted by molar-refractivity contribution is -0.141. The van der Waals surface area contributed by atoms with Gasteiger partial charge in [0.1, 0.15) is 33.0 Å². The van der Waals surface area contributed by atoms with Crippen LogP contribution in [0, 0.1) is 6.92 Å². The first-order chi connectivity index (χ1) is 25.0. The summed E-state index contributed by atoms with van der Waals surface area (Å²) >= 11 is 0. The number of methoxy groups -OCH3 is 1. The SMILES string of the molecule is COC/C(=C/c1ccc(NC(=O)OC/C(=C\c2ccc(C)cc2)COC(=O)Nc2ccc(/C=C(/COC=O)COC(C)=O)cc2)cc1)COC(C)=O. The van der Waals surface area contributed by atoms with Gasteiger partial charge in [0.25, 0.3) is 6.47 Å². The van der Waals surface area contributed by atoms with E-state index in [2.05, 4.69) is 10.6 Å². The lowest BCUT2D eigenvalue weighted by Gasteiger charge is -2.12. The molecule has 0 spiro atoms. The average molecular weight is 715 g/mol. The topological polar surface area (TPSA) is 165 Å². The maximum absolute atomic E-state index is 12.7. The summed E-state index contributed by atoms with van der Waals surface area (Å²) in [5.74, 6) is -0.858. The van der Waals surface area contributed by atoms with Gasteiger partial charge in [-0.15, -0.1) is 0 Å². The number of carbonyl (C=O) groups is 5. The number of anilines is 2. The summed E-state index contributed by atoms with van der Waals surface area (Å²) < 4.78 is 31.0. The van der Waals surface area contributed by atoms with Gasteiger partial charge in [-0.25, -0.2) is 9.59 Å². The molecule has 3 rings (SSSR count). The van der Waals surface area contributed by atoms with Gasteiger partial charge in [0, 0.05) is 43.5 Å². The second-order valence-electron chi connectivity index (χ2n) is 11.4. The molecule has 0 fully saturated rings. The lowest BCUT2D eigenvalue weighted by Crippen LogP contribution is -2.19. The van der Waals surface area contributed by atoms with Gasteiger partial charge in [0.05, 0.1) is 6.61 Å². The minimum atomic E-state index is -0.729. The average Bonchev–Trinajstić information content (AvgIpc) is 3.12. The zero-order chi connectivity index (χ0) is 37.7. The zero-order valence-corrected chi connectivity index (χ0v) is 29.5. The van der Waals surface area contributed by atoms with Crippen molar-refractivity contribution in [2.75, 3.05) is 57.4 Å². The van der Waals surface area contributed by atoms with E-state index in [4.69, 9.17) is 28.4 Å². The van der Waals surface area contributed by atoms with Gasteiger partial charge in [-0.3, -0.25) is 25.0 Å². The molecule has 0 heterocycles. The molecule has 0 bridgehead atoms. The molecule has 0 unspecified atom stereocenters. The van der Waals surface area contributed by atoms with Crippen LogP contribution in [0.1, 0.15) is 36.1 Å². The van der Waals surface area contributed by atoms with Crippen molar-refractivity contribution in [3.05, 3.63) is 112 Å². The number of benzene rings is 3. The van der Waals surface area contributed by atoms with Gasteiger partial charge in [-0.05, 0) is 65.6 Å². The van der Waals surface area contributed by atoms with Crippen molar-refractivity contribution in [2.45, 2.75) is 20.8 Å². The number of amides is 2. The van der Waals surface area contributed by atoms with Crippen LogP contribution >= 0.6 is 0 Å². The Balaban J connectivity index is 1.60. The van der Waals surface area contributed by atoms with Gasteiger partial charge < -0.3 is 28.4 Å². The normalized spacial score (nSPS) is 11.6. The van der Waals surface area contributed by atoms with Crippen molar-refractivity contribution in [3.63, 3.8) is 0 Å². The van der Waals surface area contributed by atoms with Crippen molar-refractivity contribution >= 4 is 60.2 Å². The van der Waals surface area contributed by atoms with E-state index < -0.39 is 24.1 Å². The van der Waals surface area contributed by atoms with E-state index in [0.29, 0.717) is 29.0 Å². The summed E-state index contributed by atoms with van der Waals surface area (Å²) in [5.41, 5.74) is 6.22. The third-order valence-electron chi connectivity index (χ3n) is 6.87. The number of hydrogen-bond donors (Lipinski definition) is 2. The van der Waals surface area contributed by atoms with Crippen LogP contribution in [-0.4, -0.2) is 77.3 Å². The van der Waals surface area contributed by atoms with E-state index in [1.807, 2.05) is 37.3 Å². The molecule has 13 heteroatoms. The maximum Gasteiger partial charge on any atom is 0.411 e. The first-order valence-electron chi connectivity index (χ1n) is 16.1. The van der Waals surface area contributed by atoms with Crippen LogP contribution < -0.4 is 10.6 Å². The minimum Gasteiger partial charge on any atom is -0.463 e. The number of hydrogen-bond acceptors (Lipinski definition) is 11. The largest absolute Gasteiger partial charge is 0.463 e. The number of carbonyl (C=O) groups excluding carboxylic acids is 5. The highest BCUT2D eigenvalue weighted by Gasteiger charge is 2.11. The molecule has 3 aromatic carbocycles. The third-order valence-corrected chi connectivity index (χ3v) is 6.87. The third kappa shape index (κ3) is 16.0. The van der Waals surface area contributed by atoms with Crippen LogP contribution in [0.4, 0.5) is 21.0 Å². The van der Waals surface area contributed by atoms with E-state index in [9.17, 15) is 24.0 Å². The molecule has 52 heavy (non-hydrogen) atoms. The molecule has 3 aromatic rings. The fourth-order valence-corrected chi connectivity index (χ4v) is 4.41. The smallest absolute Gasteiger partial charge is 0.411 e. The predicted molar refractivity (Wildman–Crippen MR) is 195 cm³/mol. The fraction of sp³-hybridized carbons (Fsp3) is 0.256. The van der Waals surface area contributed by atoms with E-state index >= 15 is 0 Å². The molecule has 0 aliphatic rings. The van der Waals surface area contributed by atoms with E-state index in [1.165, 1.54) is 13.8 Å². The van der Waals surface area contributed by atoms with Crippen LogP contribution in [0.5, 0.6) is 0 Å². The van der Waals surface area contributed by atoms with Crippen molar-refractivity contribution < 1.29 is 52.4 Å². The first kappa shape index (κ1) is 40.2. The molecule has 0 saturated carbocycles. The summed E-state index contributed by atoms with van der Waals surface area (Å²) in [4.78, 5) is 58.4. The standard InChI is InChI=1S/C39H42N2O11/c1-27-5-7-30(8-6-27)19-35(24-51-38(45)40-36-13-9-31(10-14-36)17-33(20-47-4)22-49-28(2)43)25-52-39(46)41-37-15-11-32(12-16-37)18-34(21-48-26-42)23-50-29(3)44/h5-19,26H,20-25H2,1-4H3,(H,40,45)(H,41,46)/b33-17-,34-18-,35-19+. The summed E-state index contributed by atoms with van der Waals surface area (Å²) in [6.45, 7) is 4.87. The monoisotopic (exact) mass is 714 g/mol. The van der Waals surface area contributed by atoms with Gasteiger partial charge >= 0.3 is 24.1 Å². The Morgan fingerprint density at radius 1 is 0.538 bits per heavy atom. The Hall–Kier alpha value is -6.21. The number of esters is 2. The number of rotatable bonds is 18. The summed E-state index contributed by atoms with van der Waals surface area (Å²) in [7, 11) is 1.55. The molecular weight excluding hydrogens is 672 g/mol. The van der Waals surface area contributed by atoms with E-state index in [-0.39, 0.29) is 39.6 Å². The summed E-state index contributed by atoms with van der Waals surface area (Å²) in [6.07, 6.45) is 3.87. The molecule has 0 radical (unpaired) electrons. The summed E-state index contributed by atoms with van der Waals surface area (Å²) in [5, 5.41) is 5.33. The second kappa shape index (κ2) is 21.8. The molecule has 274 valence electrons. The molecular formula is C39H42N2O11. The molecule has 2 amide bonds. The van der Waals surface area contributed by atoms with Crippen molar-refractivity contribution in [2.24, 2.45) is 0 Å². The predicted octanol–water partition coefficient (Wildman–Crippen LogP) is 6.59. The van der Waals surface area contributed by atoms with Crippen LogP contribution in [0.25, 0.3) is 18.2 Å². The molecule has 0 saturated heterocycles. The van der Waals surface area contributed by atoms with Gasteiger partial charge in [0.15, 0.2) is 0 Å². The van der Waals surface area contributed by atoms with Crippen molar-refractivity contribution in [3.8, 4) is 0 Å². The molecule has 0 atom stereocenters. The number of ether oxygens (including phenoxy) is 6. The first-order valence-corrected chi connectivity index (χ1v) is 16.1. The molecule has 13 nitrogen and oxygen atoms in total. The summed E-state index contributed by atoms with van der Waals surface area (Å²) in [6, 6.07) is 21.4. The highest BCUT2D eigenvalue weighted by atomic mass is 16.6. The quantitative estimate of drug-likeness (QED) is 0.0830. The molecule has 2 N–H and O–H groups in total. The number of nitrogens with one attached hydrogen (secondary N) is 2. The van der Waals surface area contributed by atoms with E-state index in [1.54, 1.807) is 67.8 Å². The van der Waals surface area contributed by atoms with Crippen molar-refractivity contribution in [1.29, 1.82) is 0 Å². The zero-order valence-electron chi connectivity index (χ0n) is 29.5. The molecule has 0 aliphatic carbocycles. The van der Waals surface area contributed by atoms with Gasteiger partial charge in [-0.2, -0.15) is 0 Å². The second-order valence-corrected chi connectivity index (χ2v) is 11.4. The Labute approximate surface area is 302 Å². The molecule has 0 aliphatic heterocycles. The van der Waals surface area contributed by atoms with Crippen molar-refractivity contribution in [1.82, 2.24) is 0 Å². The van der Waals surface area contributed by atoms with Crippen LogP contribution in [0.15, 0.2) is 89.5 Å². The Morgan fingerprint density at radius 2 is 0.904 bits per heavy atom. The Morgan fingerprint density at radius 3 is 1.29 bits per heavy atom. The Kier molecular flexibility index (Phi) is 16.9. The molecule has 0 aromatic heterocycles. The van der Waals surface area contributed by atoms with Crippen LogP contribution in [-0.2, 0) is 42.8 Å². The van der Waals surface area contributed by atoms with Gasteiger partial charge in [-0.1, -0.05) is 60.2 Å². The minimum absolute atomic E-state index is 0.0398. The van der Waals surface area contributed by atoms with Crippen LogP contribution in [0.2, 0.25) is 0 Å². The highest BCUT2D eigenvalue weighted by molar-refractivity contribution is 5.86. The number of aryl methyl sites for hydroxylation is 1. The van der Waals surface area contributed by atoms with Crippen LogP contribution in [0.3, 0.4) is 0 Å². The lowest BCUT2D eigenvalue weighted by atomic mass is 10.1. The van der Waals surface area contributed by atoms with E-state index in [0.717, 1.165) is 27.8 Å². The Bertz CT molecular complexity index is 1740. The maximum atomic E-state index is 12.7. The fourth-order valence-electron chi connectivity index (χ4n) is 4.41. The van der Waals surface area contributed by atoms with Gasteiger partial charge in [0.2, 0.25) is 0 Å². The highest BCUT2D eigenvalue weighted by Crippen LogP contribution is 2.17.